The van der Waals surface area contributed by atoms with E-state index in [9.17, 15) is 14.9 Å². The zero-order valence-electron chi connectivity index (χ0n) is 19.0. The summed E-state index contributed by atoms with van der Waals surface area (Å²) in [5.74, 6) is 1.81. The van der Waals surface area contributed by atoms with Crippen LogP contribution in [0.1, 0.15) is 82.0 Å². The number of likely N-dealkylation sites (tertiary alicyclic amines) is 1. The monoisotopic (exact) mass is 455 g/mol. The summed E-state index contributed by atoms with van der Waals surface area (Å²) in [6.07, 6.45) is 14.6. The maximum atomic E-state index is 12.7. The number of H-pyrrole nitrogens is 1. The molecule has 0 amide bonds. The zero-order chi connectivity index (χ0) is 22.8. The molecule has 3 heterocycles. The maximum absolute atomic E-state index is 12.7. The molecule has 3 aliphatic rings. The molecule has 0 radical (unpaired) electrons. The van der Waals surface area contributed by atoms with Crippen LogP contribution in [0.4, 0.5) is 0 Å². The van der Waals surface area contributed by atoms with E-state index < -0.39 is 4.92 Å². The second kappa shape index (κ2) is 9.52. The first-order valence-electron chi connectivity index (χ1n) is 12.4. The Labute approximate surface area is 192 Å². The summed E-state index contributed by atoms with van der Waals surface area (Å²) in [6.45, 7) is 1.94. The minimum atomic E-state index is -0.397. The Balaban J connectivity index is 1.29. The van der Waals surface area contributed by atoms with Crippen LogP contribution in [0.2, 0.25) is 0 Å². The summed E-state index contributed by atoms with van der Waals surface area (Å²) in [5, 5.41) is 19.6. The van der Waals surface area contributed by atoms with Crippen LogP contribution in [-0.4, -0.2) is 49.2 Å². The molecule has 10 nitrogen and oxygen atoms in total. The fraction of sp³-hybridized carbons (Fsp3) is 0.696. The second-order valence-corrected chi connectivity index (χ2v) is 9.86. The molecule has 5 rings (SSSR count). The molecule has 2 saturated carbocycles. The van der Waals surface area contributed by atoms with Gasteiger partial charge in [0.1, 0.15) is 11.2 Å². The topological polar surface area (TPSA) is 122 Å². The molecule has 2 aromatic heterocycles. The lowest BCUT2D eigenvalue weighted by Gasteiger charge is -2.41. The Hall–Kier alpha value is -2.91. The smallest absolute Gasteiger partial charge is 0.274 e. The number of fused-ring (bicyclic) bond motifs is 1. The molecule has 33 heavy (non-hydrogen) atoms. The van der Waals surface area contributed by atoms with Crippen molar-refractivity contribution in [3.05, 3.63) is 44.5 Å². The van der Waals surface area contributed by atoms with Gasteiger partial charge in [-0.05, 0) is 31.6 Å². The zero-order valence-corrected chi connectivity index (χ0v) is 19.0. The molecule has 10 heteroatoms. The second-order valence-electron chi connectivity index (χ2n) is 9.86. The Morgan fingerprint density at radius 3 is 2.55 bits per heavy atom. The molecule has 0 unspecified atom stereocenters. The number of nitro groups is 1. The Morgan fingerprint density at radius 1 is 1.15 bits per heavy atom. The van der Waals surface area contributed by atoms with Crippen molar-refractivity contribution in [3.8, 4) is 0 Å². The minimum absolute atomic E-state index is 0.0310. The molecule has 178 valence electrons. The van der Waals surface area contributed by atoms with Crippen molar-refractivity contribution in [2.75, 3.05) is 19.6 Å². The van der Waals surface area contributed by atoms with Gasteiger partial charge in [-0.1, -0.05) is 38.5 Å². The number of aromatic amines is 1. The van der Waals surface area contributed by atoms with Crippen LogP contribution in [0.5, 0.6) is 0 Å². The quantitative estimate of drug-likeness (QED) is 0.485. The van der Waals surface area contributed by atoms with Gasteiger partial charge in [0, 0.05) is 19.6 Å². The Morgan fingerprint density at radius 2 is 1.85 bits per heavy atom. The van der Waals surface area contributed by atoms with Crippen LogP contribution in [0.3, 0.4) is 0 Å². The standard InChI is InChI=1S/C23H33N7O3/c31-23-19-12-25-30(18-9-5-2-6-10-18)22(19)26-21(27-23)17-13-28(14-17)20(15-29(32)33)24-11-16-7-3-1-4-8-16/h12,15-18,24H,1-11,13-14H2,(H,26,27,31)/b20-15-. The average molecular weight is 456 g/mol. The molecule has 3 fully saturated rings. The highest BCUT2D eigenvalue weighted by Gasteiger charge is 2.34. The Kier molecular flexibility index (Phi) is 6.32. The van der Waals surface area contributed by atoms with Crippen LogP contribution in [-0.2, 0) is 0 Å². The number of nitrogens with zero attached hydrogens (tertiary/aromatic N) is 5. The summed E-state index contributed by atoms with van der Waals surface area (Å²) in [6, 6.07) is 0.301. The number of hydrogen-bond donors (Lipinski definition) is 2. The molecule has 2 N–H and O–H groups in total. The summed E-state index contributed by atoms with van der Waals surface area (Å²) in [7, 11) is 0. The van der Waals surface area contributed by atoms with Gasteiger partial charge in [0.2, 0.25) is 0 Å². The van der Waals surface area contributed by atoms with Crippen LogP contribution in [0.25, 0.3) is 11.0 Å². The van der Waals surface area contributed by atoms with E-state index in [1.54, 1.807) is 6.20 Å². The summed E-state index contributed by atoms with van der Waals surface area (Å²) >= 11 is 0. The highest BCUT2D eigenvalue weighted by molar-refractivity contribution is 5.73. The van der Waals surface area contributed by atoms with Crippen molar-refractivity contribution >= 4 is 11.0 Å². The van der Waals surface area contributed by atoms with Crippen molar-refractivity contribution in [3.63, 3.8) is 0 Å². The van der Waals surface area contributed by atoms with Gasteiger partial charge in [0.05, 0.1) is 23.1 Å². The molecule has 2 aromatic rings. The first-order valence-corrected chi connectivity index (χ1v) is 12.4. The maximum Gasteiger partial charge on any atom is 0.274 e. The van der Waals surface area contributed by atoms with E-state index in [1.165, 1.54) is 51.4 Å². The third kappa shape index (κ3) is 4.74. The van der Waals surface area contributed by atoms with Gasteiger partial charge in [-0.25, -0.2) is 9.67 Å². The van der Waals surface area contributed by atoms with Gasteiger partial charge >= 0.3 is 0 Å². The normalized spacial score (nSPS) is 21.3. The lowest BCUT2D eigenvalue weighted by molar-refractivity contribution is -0.405. The number of aromatic nitrogens is 4. The minimum Gasteiger partial charge on any atom is -0.366 e. The van der Waals surface area contributed by atoms with Crippen molar-refractivity contribution in [1.29, 1.82) is 0 Å². The molecule has 0 aromatic carbocycles. The first-order chi connectivity index (χ1) is 16.1. The highest BCUT2D eigenvalue weighted by Crippen LogP contribution is 2.31. The molecular formula is C23H33N7O3. The van der Waals surface area contributed by atoms with E-state index in [0.717, 1.165) is 25.6 Å². The van der Waals surface area contributed by atoms with E-state index in [4.69, 9.17) is 4.98 Å². The molecule has 1 saturated heterocycles. The lowest BCUT2D eigenvalue weighted by Crippen LogP contribution is -2.49. The first kappa shape index (κ1) is 21.9. The summed E-state index contributed by atoms with van der Waals surface area (Å²) < 4.78 is 1.94. The summed E-state index contributed by atoms with van der Waals surface area (Å²) in [5.41, 5.74) is 0.502. The van der Waals surface area contributed by atoms with E-state index in [1.807, 2.05) is 9.58 Å². The van der Waals surface area contributed by atoms with Gasteiger partial charge in [-0.3, -0.25) is 14.9 Å². The molecule has 2 aliphatic carbocycles. The fourth-order valence-electron chi connectivity index (χ4n) is 5.57. The average Bonchev–Trinajstić information content (AvgIpc) is 3.22. The van der Waals surface area contributed by atoms with Crippen LogP contribution in [0.15, 0.2) is 23.0 Å². The lowest BCUT2D eigenvalue weighted by atomic mass is 9.89. The van der Waals surface area contributed by atoms with Gasteiger partial charge in [0.25, 0.3) is 11.8 Å². The SMILES string of the molecule is O=c1[nH]c(C2CN(/C(=C\[N+](=O)[O-])NCC3CCCCC3)C2)nc2c1cnn2C1CCCCC1. The van der Waals surface area contributed by atoms with E-state index >= 15 is 0 Å². The van der Waals surface area contributed by atoms with Gasteiger partial charge < -0.3 is 15.2 Å². The van der Waals surface area contributed by atoms with Gasteiger partial charge in [0.15, 0.2) is 11.5 Å². The van der Waals surface area contributed by atoms with Crippen LogP contribution in [0, 0.1) is 16.0 Å². The van der Waals surface area contributed by atoms with E-state index in [-0.39, 0.29) is 11.5 Å². The van der Waals surface area contributed by atoms with Gasteiger partial charge in [-0.15, -0.1) is 0 Å². The fourth-order valence-corrected chi connectivity index (χ4v) is 5.57. The van der Waals surface area contributed by atoms with Crippen molar-refractivity contribution in [1.82, 2.24) is 30.0 Å². The van der Waals surface area contributed by atoms with Crippen molar-refractivity contribution in [2.24, 2.45) is 5.92 Å². The summed E-state index contributed by atoms with van der Waals surface area (Å²) in [4.78, 5) is 33.2. The van der Waals surface area contributed by atoms with Crippen molar-refractivity contribution in [2.45, 2.75) is 76.2 Å². The molecule has 0 atom stereocenters. The molecule has 0 bridgehead atoms. The number of nitrogens with one attached hydrogen (secondary N) is 2. The number of hydrogen-bond acceptors (Lipinski definition) is 7. The van der Waals surface area contributed by atoms with Gasteiger partial charge in [-0.2, -0.15) is 5.10 Å². The van der Waals surface area contributed by atoms with Crippen LogP contribution < -0.4 is 10.9 Å². The highest BCUT2D eigenvalue weighted by atomic mass is 16.6. The largest absolute Gasteiger partial charge is 0.366 e. The molecule has 0 spiro atoms. The molecular weight excluding hydrogens is 422 g/mol. The number of rotatable bonds is 7. The predicted molar refractivity (Wildman–Crippen MR) is 124 cm³/mol. The Bertz CT molecular complexity index is 1070. The molecule has 1 aliphatic heterocycles. The van der Waals surface area contributed by atoms with Crippen molar-refractivity contribution < 1.29 is 4.92 Å². The van der Waals surface area contributed by atoms with Crippen LogP contribution >= 0.6 is 0 Å². The van der Waals surface area contributed by atoms with E-state index in [2.05, 4.69) is 15.4 Å². The van der Waals surface area contributed by atoms with E-state index in [0.29, 0.717) is 47.7 Å². The third-order valence-corrected chi connectivity index (χ3v) is 7.54. The predicted octanol–water partition coefficient (Wildman–Crippen LogP) is 3.27. The third-order valence-electron chi connectivity index (χ3n) is 7.54.